The Morgan fingerprint density at radius 1 is 1.19 bits per heavy atom. The summed E-state index contributed by atoms with van der Waals surface area (Å²) in [5.74, 6) is 0. The molecular formula is C13H15ClN2. The fourth-order valence-corrected chi connectivity index (χ4v) is 2.07. The molecule has 84 valence electrons. The van der Waals surface area contributed by atoms with E-state index < -0.39 is 0 Å². The zero-order valence-corrected chi connectivity index (χ0v) is 9.87. The van der Waals surface area contributed by atoms with Crippen LogP contribution in [-0.2, 0) is 6.42 Å². The van der Waals surface area contributed by atoms with Gasteiger partial charge in [0, 0.05) is 16.6 Å². The molecule has 0 aliphatic carbocycles. The number of unbranched alkanes of at least 4 members (excludes halogenated alkanes) is 1. The number of nitrogens with zero attached hydrogens (tertiary/aromatic N) is 1. The quantitative estimate of drug-likeness (QED) is 0.826. The Hall–Kier alpha value is -1.12. The van der Waals surface area contributed by atoms with Gasteiger partial charge in [-0.2, -0.15) is 0 Å². The summed E-state index contributed by atoms with van der Waals surface area (Å²) >= 11 is 6.13. The summed E-state index contributed by atoms with van der Waals surface area (Å²) in [6, 6.07) is 7.94. The van der Waals surface area contributed by atoms with Gasteiger partial charge in [-0.05, 0) is 49.6 Å². The van der Waals surface area contributed by atoms with E-state index in [9.17, 15) is 0 Å². The van der Waals surface area contributed by atoms with Gasteiger partial charge >= 0.3 is 0 Å². The first-order valence-corrected chi connectivity index (χ1v) is 5.93. The molecule has 1 aromatic carbocycles. The normalized spacial score (nSPS) is 10.9. The Balaban J connectivity index is 2.35. The van der Waals surface area contributed by atoms with Gasteiger partial charge in [0.2, 0.25) is 0 Å². The monoisotopic (exact) mass is 234 g/mol. The van der Waals surface area contributed by atoms with Crippen molar-refractivity contribution < 1.29 is 0 Å². The largest absolute Gasteiger partial charge is 0.330 e. The van der Waals surface area contributed by atoms with Gasteiger partial charge in [0.25, 0.3) is 0 Å². The fourth-order valence-electron chi connectivity index (χ4n) is 1.86. The summed E-state index contributed by atoms with van der Waals surface area (Å²) in [5, 5.41) is 1.81. The lowest BCUT2D eigenvalue weighted by Gasteiger charge is -2.06. The number of aromatic nitrogens is 1. The Morgan fingerprint density at radius 2 is 2.06 bits per heavy atom. The molecule has 0 unspecified atom stereocenters. The summed E-state index contributed by atoms with van der Waals surface area (Å²) in [7, 11) is 0. The first kappa shape index (κ1) is 11.4. The average molecular weight is 235 g/mol. The second kappa shape index (κ2) is 5.28. The van der Waals surface area contributed by atoms with Crippen molar-refractivity contribution in [1.29, 1.82) is 0 Å². The molecule has 0 aliphatic heterocycles. The first-order chi connectivity index (χ1) is 7.83. The van der Waals surface area contributed by atoms with Crippen molar-refractivity contribution in [2.24, 2.45) is 5.73 Å². The van der Waals surface area contributed by atoms with Gasteiger partial charge in [0.1, 0.15) is 0 Å². The number of benzene rings is 1. The van der Waals surface area contributed by atoms with E-state index in [2.05, 4.69) is 11.1 Å². The van der Waals surface area contributed by atoms with Crippen molar-refractivity contribution in [3.05, 3.63) is 41.0 Å². The highest BCUT2D eigenvalue weighted by molar-refractivity contribution is 6.35. The van der Waals surface area contributed by atoms with E-state index in [0.717, 1.165) is 41.7 Å². The summed E-state index contributed by atoms with van der Waals surface area (Å²) in [6.07, 6.45) is 4.98. The standard InChI is InChI=1S/C13H15ClN2/c14-12-7-6-10(4-1-2-8-15)13-11(12)5-3-9-16-13/h3,5-7,9H,1-2,4,8,15H2. The molecule has 0 radical (unpaired) electrons. The Bertz CT molecular complexity index is 482. The van der Waals surface area contributed by atoms with E-state index >= 15 is 0 Å². The summed E-state index contributed by atoms with van der Waals surface area (Å²) < 4.78 is 0. The number of halogens is 1. The molecule has 0 saturated heterocycles. The highest BCUT2D eigenvalue weighted by Gasteiger charge is 2.04. The number of nitrogens with two attached hydrogens (primary N) is 1. The van der Waals surface area contributed by atoms with Gasteiger partial charge in [-0.3, -0.25) is 4.98 Å². The molecule has 1 heterocycles. The van der Waals surface area contributed by atoms with Crippen LogP contribution >= 0.6 is 11.6 Å². The predicted octanol–water partition coefficient (Wildman–Crippen LogP) is 3.17. The smallest absolute Gasteiger partial charge is 0.0748 e. The molecule has 0 fully saturated rings. The van der Waals surface area contributed by atoms with Gasteiger partial charge in [-0.15, -0.1) is 0 Å². The molecular weight excluding hydrogens is 220 g/mol. The number of hydrogen-bond donors (Lipinski definition) is 1. The van der Waals surface area contributed by atoms with E-state index in [1.165, 1.54) is 5.56 Å². The third kappa shape index (κ3) is 2.34. The molecule has 2 aromatic rings. The van der Waals surface area contributed by atoms with E-state index in [1.807, 2.05) is 24.4 Å². The van der Waals surface area contributed by atoms with Gasteiger partial charge in [0.15, 0.2) is 0 Å². The Morgan fingerprint density at radius 3 is 2.88 bits per heavy atom. The van der Waals surface area contributed by atoms with Gasteiger partial charge in [-0.25, -0.2) is 0 Å². The van der Waals surface area contributed by atoms with Crippen LogP contribution < -0.4 is 5.73 Å². The third-order valence-electron chi connectivity index (χ3n) is 2.70. The number of hydrogen-bond acceptors (Lipinski definition) is 2. The van der Waals surface area contributed by atoms with Crippen molar-refractivity contribution in [2.45, 2.75) is 19.3 Å². The molecule has 0 saturated carbocycles. The van der Waals surface area contributed by atoms with E-state index in [1.54, 1.807) is 0 Å². The molecule has 0 atom stereocenters. The van der Waals surface area contributed by atoms with Crippen molar-refractivity contribution in [1.82, 2.24) is 4.98 Å². The van der Waals surface area contributed by atoms with Gasteiger partial charge < -0.3 is 5.73 Å². The topological polar surface area (TPSA) is 38.9 Å². The molecule has 16 heavy (non-hydrogen) atoms. The number of pyridine rings is 1. The van der Waals surface area contributed by atoms with Crippen LogP contribution in [0, 0.1) is 0 Å². The van der Waals surface area contributed by atoms with Crippen LogP contribution in [-0.4, -0.2) is 11.5 Å². The fraction of sp³-hybridized carbons (Fsp3) is 0.308. The summed E-state index contributed by atoms with van der Waals surface area (Å²) in [6.45, 7) is 0.749. The van der Waals surface area contributed by atoms with Crippen LogP contribution in [0.3, 0.4) is 0 Å². The molecule has 0 spiro atoms. The Kier molecular flexibility index (Phi) is 3.75. The lowest BCUT2D eigenvalue weighted by Crippen LogP contribution is -1.99. The first-order valence-electron chi connectivity index (χ1n) is 5.55. The molecule has 1 aromatic heterocycles. The maximum absolute atomic E-state index is 6.13. The van der Waals surface area contributed by atoms with Crippen LogP contribution in [0.1, 0.15) is 18.4 Å². The van der Waals surface area contributed by atoms with Crippen LogP contribution in [0.5, 0.6) is 0 Å². The van der Waals surface area contributed by atoms with E-state index in [-0.39, 0.29) is 0 Å². The van der Waals surface area contributed by atoms with Gasteiger partial charge in [0.05, 0.1) is 5.52 Å². The van der Waals surface area contributed by atoms with Crippen LogP contribution in [0.15, 0.2) is 30.5 Å². The minimum Gasteiger partial charge on any atom is -0.330 e. The predicted molar refractivity (Wildman–Crippen MR) is 68.7 cm³/mol. The maximum atomic E-state index is 6.13. The molecule has 0 aliphatic rings. The highest BCUT2D eigenvalue weighted by atomic mass is 35.5. The van der Waals surface area contributed by atoms with E-state index in [0.29, 0.717) is 0 Å². The lowest BCUT2D eigenvalue weighted by molar-refractivity contribution is 0.747. The molecule has 0 bridgehead atoms. The van der Waals surface area contributed by atoms with Crippen molar-refractivity contribution >= 4 is 22.5 Å². The maximum Gasteiger partial charge on any atom is 0.0748 e. The molecule has 2 N–H and O–H groups in total. The zero-order valence-electron chi connectivity index (χ0n) is 9.12. The second-order valence-electron chi connectivity index (χ2n) is 3.85. The van der Waals surface area contributed by atoms with Crippen molar-refractivity contribution in [3.63, 3.8) is 0 Å². The van der Waals surface area contributed by atoms with Crippen LogP contribution in [0.25, 0.3) is 10.9 Å². The average Bonchev–Trinajstić information content (AvgIpc) is 2.33. The number of aryl methyl sites for hydroxylation is 1. The molecule has 0 amide bonds. The van der Waals surface area contributed by atoms with Crippen molar-refractivity contribution in [2.75, 3.05) is 6.54 Å². The number of rotatable bonds is 4. The molecule has 2 nitrogen and oxygen atoms in total. The zero-order chi connectivity index (χ0) is 11.4. The van der Waals surface area contributed by atoms with Gasteiger partial charge in [-0.1, -0.05) is 17.7 Å². The Labute approximate surface area is 100 Å². The minimum atomic E-state index is 0.749. The summed E-state index contributed by atoms with van der Waals surface area (Å²) in [4.78, 5) is 4.41. The summed E-state index contributed by atoms with van der Waals surface area (Å²) in [5.41, 5.74) is 7.77. The highest BCUT2D eigenvalue weighted by Crippen LogP contribution is 2.25. The van der Waals surface area contributed by atoms with Crippen LogP contribution in [0.2, 0.25) is 5.02 Å². The lowest BCUT2D eigenvalue weighted by atomic mass is 10.0. The van der Waals surface area contributed by atoms with E-state index in [4.69, 9.17) is 17.3 Å². The van der Waals surface area contributed by atoms with Crippen LogP contribution in [0.4, 0.5) is 0 Å². The van der Waals surface area contributed by atoms with Crippen molar-refractivity contribution in [3.8, 4) is 0 Å². The minimum absolute atomic E-state index is 0.749. The number of fused-ring (bicyclic) bond motifs is 1. The molecule has 2 rings (SSSR count). The SMILES string of the molecule is NCCCCc1ccc(Cl)c2cccnc12. The second-order valence-corrected chi connectivity index (χ2v) is 4.26. The molecule has 3 heteroatoms. The third-order valence-corrected chi connectivity index (χ3v) is 3.03.